The van der Waals surface area contributed by atoms with Gasteiger partial charge in [-0.15, -0.1) is 24.0 Å². The first-order chi connectivity index (χ1) is 6.81. The van der Waals surface area contributed by atoms with Crippen LogP contribution in [0.3, 0.4) is 0 Å². The second-order valence-corrected chi connectivity index (χ2v) is 4.93. The van der Waals surface area contributed by atoms with E-state index in [0.29, 0.717) is 0 Å². The minimum atomic E-state index is 0.987. The summed E-state index contributed by atoms with van der Waals surface area (Å²) >= 11 is 6.19. The van der Waals surface area contributed by atoms with Gasteiger partial charge in [-0.25, -0.2) is 4.98 Å². The van der Waals surface area contributed by atoms with E-state index in [0.717, 1.165) is 16.8 Å². The molecule has 3 heteroatoms. The molecule has 0 radical (unpaired) electrons. The Labute approximate surface area is 93.6 Å². The molecule has 1 nitrogen and oxygen atoms in total. The van der Waals surface area contributed by atoms with Crippen molar-refractivity contribution in [1.29, 1.82) is 0 Å². The molecular formula is C11H13NS2. The summed E-state index contributed by atoms with van der Waals surface area (Å²) in [5.74, 6) is 0. The molecule has 1 aromatic heterocycles. The Morgan fingerprint density at radius 1 is 1.43 bits per heavy atom. The van der Waals surface area contributed by atoms with Crippen LogP contribution in [-0.4, -0.2) is 4.98 Å². The normalized spacial score (nSPS) is 11.0. The molecule has 1 heterocycles. The maximum absolute atomic E-state index is 4.59. The predicted molar refractivity (Wildman–Crippen MR) is 65.5 cm³/mol. The van der Waals surface area contributed by atoms with Crippen LogP contribution in [0, 0.1) is 0 Å². The third-order valence-corrected chi connectivity index (χ3v) is 3.63. The summed E-state index contributed by atoms with van der Waals surface area (Å²) in [4.78, 5) is 5.58. The molecule has 0 unspecified atom stereocenters. The molecule has 0 fully saturated rings. The molecule has 0 saturated heterocycles. The van der Waals surface area contributed by atoms with Gasteiger partial charge in [-0.3, -0.25) is 0 Å². The zero-order valence-corrected chi connectivity index (χ0v) is 9.87. The first kappa shape index (κ1) is 9.99. The van der Waals surface area contributed by atoms with Crippen LogP contribution in [0.25, 0.3) is 10.2 Å². The highest BCUT2D eigenvalue weighted by atomic mass is 32.1. The van der Waals surface area contributed by atoms with E-state index in [4.69, 9.17) is 0 Å². The summed E-state index contributed by atoms with van der Waals surface area (Å²) < 4.78 is 1.25. The van der Waals surface area contributed by atoms with Crippen molar-refractivity contribution in [1.82, 2.24) is 4.98 Å². The van der Waals surface area contributed by atoms with Crippen molar-refractivity contribution in [3.05, 3.63) is 23.2 Å². The fraction of sp³-hybridized carbons (Fsp3) is 0.364. The van der Waals surface area contributed by atoms with Crippen LogP contribution < -0.4 is 0 Å². The Morgan fingerprint density at radius 3 is 3.00 bits per heavy atom. The predicted octanol–water partition coefficient (Wildman–Crippen LogP) is 3.93. The SMILES string of the molecule is CCCCc1nc2c(S)cccc2s1. The van der Waals surface area contributed by atoms with Crippen molar-refractivity contribution in [3.63, 3.8) is 0 Å². The van der Waals surface area contributed by atoms with Crippen molar-refractivity contribution in [3.8, 4) is 0 Å². The molecule has 14 heavy (non-hydrogen) atoms. The minimum Gasteiger partial charge on any atom is -0.240 e. The van der Waals surface area contributed by atoms with Crippen LogP contribution in [0.1, 0.15) is 24.8 Å². The first-order valence-electron chi connectivity index (χ1n) is 4.88. The average Bonchev–Trinajstić information content (AvgIpc) is 2.59. The monoisotopic (exact) mass is 223 g/mol. The van der Waals surface area contributed by atoms with Gasteiger partial charge in [-0.1, -0.05) is 19.4 Å². The summed E-state index contributed by atoms with van der Waals surface area (Å²) in [6.45, 7) is 2.21. The minimum absolute atomic E-state index is 0.987. The van der Waals surface area contributed by atoms with Crippen molar-refractivity contribution in [2.75, 3.05) is 0 Å². The number of hydrogen-bond acceptors (Lipinski definition) is 3. The van der Waals surface area contributed by atoms with Gasteiger partial charge >= 0.3 is 0 Å². The lowest BCUT2D eigenvalue weighted by Gasteiger charge is -1.90. The number of para-hydroxylation sites is 1. The van der Waals surface area contributed by atoms with E-state index in [1.807, 2.05) is 12.1 Å². The third-order valence-electron chi connectivity index (χ3n) is 2.19. The highest BCUT2D eigenvalue weighted by molar-refractivity contribution is 7.80. The standard InChI is InChI=1S/C11H13NS2/c1-2-3-7-10-12-11-8(13)5-4-6-9(11)14-10/h4-6,13H,2-3,7H2,1H3. The Balaban J connectivity index is 2.36. The van der Waals surface area contributed by atoms with Crippen LogP contribution >= 0.6 is 24.0 Å². The number of aryl methyl sites for hydroxylation is 1. The molecule has 0 aliphatic carbocycles. The first-order valence-corrected chi connectivity index (χ1v) is 6.15. The number of thiol groups is 1. The van der Waals surface area contributed by atoms with Gasteiger partial charge in [0.25, 0.3) is 0 Å². The lowest BCUT2D eigenvalue weighted by Crippen LogP contribution is -1.81. The molecular weight excluding hydrogens is 210 g/mol. The zero-order valence-electron chi connectivity index (χ0n) is 8.16. The molecule has 74 valence electrons. The van der Waals surface area contributed by atoms with Gasteiger partial charge in [0.1, 0.15) is 0 Å². The van der Waals surface area contributed by atoms with E-state index in [-0.39, 0.29) is 0 Å². The van der Waals surface area contributed by atoms with E-state index in [2.05, 4.69) is 30.6 Å². The summed E-state index contributed by atoms with van der Waals surface area (Å²) in [5, 5.41) is 1.24. The molecule has 0 bridgehead atoms. The smallest absolute Gasteiger partial charge is 0.0948 e. The summed E-state index contributed by atoms with van der Waals surface area (Å²) in [5.41, 5.74) is 1.06. The van der Waals surface area contributed by atoms with E-state index in [1.165, 1.54) is 22.5 Å². The Bertz CT molecular complexity index is 434. The van der Waals surface area contributed by atoms with Crippen molar-refractivity contribution in [2.45, 2.75) is 31.1 Å². The number of aromatic nitrogens is 1. The highest BCUT2D eigenvalue weighted by Crippen LogP contribution is 2.27. The van der Waals surface area contributed by atoms with Crippen molar-refractivity contribution < 1.29 is 0 Å². The number of unbranched alkanes of at least 4 members (excludes halogenated alkanes) is 1. The topological polar surface area (TPSA) is 12.9 Å². The number of hydrogen-bond donors (Lipinski definition) is 1. The molecule has 2 aromatic rings. The van der Waals surface area contributed by atoms with Gasteiger partial charge in [0.2, 0.25) is 0 Å². The van der Waals surface area contributed by atoms with Gasteiger partial charge in [0, 0.05) is 4.90 Å². The molecule has 0 atom stereocenters. The molecule has 0 spiro atoms. The van der Waals surface area contributed by atoms with Crippen LogP contribution in [-0.2, 0) is 6.42 Å². The third kappa shape index (κ3) is 1.93. The molecule has 0 amide bonds. The average molecular weight is 223 g/mol. The second-order valence-electron chi connectivity index (χ2n) is 3.34. The second kappa shape index (κ2) is 4.32. The van der Waals surface area contributed by atoms with Gasteiger partial charge in [0.15, 0.2) is 0 Å². The van der Waals surface area contributed by atoms with E-state index in [1.54, 1.807) is 11.3 Å². The Morgan fingerprint density at radius 2 is 2.29 bits per heavy atom. The lowest BCUT2D eigenvalue weighted by molar-refractivity contribution is 0.791. The van der Waals surface area contributed by atoms with Gasteiger partial charge < -0.3 is 0 Å². The van der Waals surface area contributed by atoms with Crippen LogP contribution in [0.4, 0.5) is 0 Å². The number of fused-ring (bicyclic) bond motifs is 1. The van der Waals surface area contributed by atoms with Crippen LogP contribution in [0.15, 0.2) is 23.1 Å². The molecule has 0 aliphatic rings. The van der Waals surface area contributed by atoms with Crippen molar-refractivity contribution >= 4 is 34.2 Å². The van der Waals surface area contributed by atoms with Gasteiger partial charge in [0.05, 0.1) is 15.2 Å². The maximum atomic E-state index is 4.59. The summed E-state index contributed by atoms with van der Waals surface area (Å²) in [6, 6.07) is 6.14. The van der Waals surface area contributed by atoms with Crippen LogP contribution in [0.5, 0.6) is 0 Å². The fourth-order valence-electron chi connectivity index (χ4n) is 1.41. The van der Waals surface area contributed by atoms with Crippen LogP contribution in [0.2, 0.25) is 0 Å². The molecule has 0 aliphatic heterocycles. The quantitative estimate of drug-likeness (QED) is 0.778. The maximum Gasteiger partial charge on any atom is 0.0948 e. The Kier molecular flexibility index (Phi) is 3.08. The zero-order chi connectivity index (χ0) is 9.97. The fourth-order valence-corrected chi connectivity index (χ4v) is 2.78. The number of nitrogens with zero attached hydrogens (tertiary/aromatic N) is 1. The molecule has 2 rings (SSSR count). The Hall–Kier alpha value is -0.540. The van der Waals surface area contributed by atoms with Gasteiger partial charge in [-0.05, 0) is 25.0 Å². The highest BCUT2D eigenvalue weighted by Gasteiger charge is 2.04. The van der Waals surface area contributed by atoms with Crippen molar-refractivity contribution in [2.24, 2.45) is 0 Å². The largest absolute Gasteiger partial charge is 0.240 e. The molecule has 0 N–H and O–H groups in total. The van der Waals surface area contributed by atoms with E-state index in [9.17, 15) is 0 Å². The van der Waals surface area contributed by atoms with E-state index < -0.39 is 0 Å². The van der Waals surface area contributed by atoms with E-state index >= 15 is 0 Å². The summed E-state index contributed by atoms with van der Waals surface area (Å²) in [6.07, 6.45) is 3.55. The summed E-state index contributed by atoms with van der Waals surface area (Å²) in [7, 11) is 0. The molecule has 1 aromatic carbocycles. The molecule has 0 saturated carbocycles. The van der Waals surface area contributed by atoms with Gasteiger partial charge in [-0.2, -0.15) is 0 Å². The number of benzene rings is 1. The lowest BCUT2D eigenvalue weighted by atomic mass is 10.3. The number of thiazole rings is 1. The number of rotatable bonds is 3.